The van der Waals surface area contributed by atoms with Crippen molar-refractivity contribution in [2.45, 2.75) is 336 Å². The van der Waals surface area contributed by atoms with E-state index in [2.05, 4.69) is 172 Å². The van der Waals surface area contributed by atoms with Crippen molar-refractivity contribution in [1.82, 2.24) is 51.6 Å². The van der Waals surface area contributed by atoms with Gasteiger partial charge in [0.25, 0.3) is 0 Å². The van der Waals surface area contributed by atoms with E-state index in [4.69, 9.17) is 18.9 Å². The number of nitrogens with one attached hydrogen (secondary N) is 10. The Morgan fingerprint density at radius 2 is 0.836 bits per heavy atom. The van der Waals surface area contributed by atoms with Gasteiger partial charge in [-0.25, -0.2) is 0 Å². The first-order valence-corrected chi connectivity index (χ1v) is 54.2. The van der Waals surface area contributed by atoms with Gasteiger partial charge >= 0.3 is 0 Å². The summed E-state index contributed by atoms with van der Waals surface area (Å²) in [7, 11) is 0. The lowest BCUT2D eigenvalue weighted by atomic mass is 9.65. The third-order valence-corrected chi connectivity index (χ3v) is 32.9. The molecule has 6 aromatic carbocycles. The average molecular weight is 1790 g/mol. The number of piperazine rings is 1. The molecule has 10 N–H and O–H groups in total. The van der Waals surface area contributed by atoms with Crippen LogP contribution in [0.4, 0.5) is 5.69 Å². The molecule has 16 heterocycles. The zero-order valence-corrected chi connectivity index (χ0v) is 80.8. The Labute approximate surface area is 784 Å². The van der Waals surface area contributed by atoms with E-state index < -0.39 is 0 Å². The fourth-order valence-corrected chi connectivity index (χ4v) is 24.2. The Hall–Kier alpha value is -4.90. The largest absolute Gasteiger partial charge is 0.493 e. The number of hydrogen-bond acceptors (Lipinski definition) is 17. The molecule has 31 rings (SSSR count). The summed E-state index contributed by atoms with van der Waals surface area (Å²) in [6.45, 7) is 24.0. The minimum atomic E-state index is 0.655. The molecule has 0 radical (unpaired) electrons. The second-order valence-electron chi connectivity index (χ2n) is 40.7. The normalized spacial score (nSPS) is 28.3. The summed E-state index contributed by atoms with van der Waals surface area (Å²) in [5.41, 5.74) is 13.5. The lowest BCUT2D eigenvalue weighted by Gasteiger charge is -2.49. The highest BCUT2D eigenvalue weighted by atomic mass is 32.2. The van der Waals surface area contributed by atoms with E-state index in [-0.39, 0.29) is 0 Å². The van der Waals surface area contributed by atoms with Crippen molar-refractivity contribution in [3.63, 3.8) is 0 Å². The third-order valence-electron chi connectivity index (χ3n) is 31.1. The van der Waals surface area contributed by atoms with E-state index in [9.17, 15) is 0 Å². The number of anilines is 1. The minimum Gasteiger partial charge on any atom is -0.493 e. The van der Waals surface area contributed by atoms with Crippen LogP contribution in [-0.2, 0) is 66.3 Å². The van der Waals surface area contributed by atoms with Gasteiger partial charge in [0.1, 0.15) is 5.75 Å². The highest BCUT2D eigenvalue weighted by Crippen LogP contribution is 2.45. The topological polar surface area (TPSA) is 160 Å². The van der Waals surface area contributed by atoms with Crippen molar-refractivity contribution in [2.24, 2.45) is 40.9 Å². The van der Waals surface area contributed by atoms with E-state index >= 15 is 0 Å². The maximum absolute atomic E-state index is 5.36. The molecule has 0 aromatic heterocycles. The first kappa shape index (κ1) is 99.1. The molecule has 25 aliphatic rings. The molecule has 16 aliphatic heterocycles. The monoisotopic (exact) mass is 1790 g/mol. The van der Waals surface area contributed by atoms with Crippen molar-refractivity contribution < 1.29 is 18.9 Å². The summed E-state index contributed by atoms with van der Waals surface area (Å²) in [4.78, 5) is 5.26. The fraction of sp³-hybridized carbons (Fsp3) is 0.676. The van der Waals surface area contributed by atoms with Crippen LogP contribution in [0.25, 0.3) is 0 Å². The Bertz CT molecular complexity index is 3280. The van der Waals surface area contributed by atoms with Crippen LogP contribution < -0.4 is 56.7 Å². The number of piperidine rings is 5. The number of para-hydroxylation sites is 2. The Morgan fingerprint density at radius 1 is 0.320 bits per heavy atom. The van der Waals surface area contributed by atoms with E-state index in [0.29, 0.717) is 6.04 Å². The van der Waals surface area contributed by atoms with Gasteiger partial charge in [-0.3, -0.25) is 14.3 Å². The second kappa shape index (κ2) is 57.7. The van der Waals surface area contributed by atoms with E-state index in [0.717, 1.165) is 164 Å². The molecule has 5 unspecified atom stereocenters. The molecule has 17 heteroatoms. The summed E-state index contributed by atoms with van der Waals surface area (Å²) in [5.74, 6) is 7.82. The molecule has 10 bridgehead atoms. The summed E-state index contributed by atoms with van der Waals surface area (Å²) in [6, 6.07) is 54.8. The maximum atomic E-state index is 5.36. The van der Waals surface area contributed by atoms with Crippen LogP contribution in [0.5, 0.6) is 5.75 Å². The van der Waals surface area contributed by atoms with Gasteiger partial charge in [0.2, 0.25) is 0 Å². The van der Waals surface area contributed by atoms with Gasteiger partial charge in [-0.05, 0) is 301 Å². The van der Waals surface area contributed by atoms with E-state index in [1.165, 1.54) is 304 Å². The molecule has 0 amide bonds. The fourth-order valence-electron chi connectivity index (χ4n) is 22.6. The lowest BCUT2D eigenvalue weighted by Crippen LogP contribution is -2.57. The lowest BCUT2D eigenvalue weighted by molar-refractivity contribution is -0.0168. The molecule has 15 nitrogen and oxygen atoms in total. The van der Waals surface area contributed by atoms with Gasteiger partial charge in [0, 0.05) is 131 Å². The zero-order chi connectivity index (χ0) is 87.2. The number of rotatable bonds is 0. The number of morpholine rings is 1. The Kier molecular flexibility index (Phi) is 44.7. The van der Waals surface area contributed by atoms with Crippen molar-refractivity contribution in [2.75, 3.05) is 117 Å². The number of fused-ring (bicyclic) bond motifs is 19. The van der Waals surface area contributed by atoms with Crippen LogP contribution >= 0.6 is 23.9 Å². The highest BCUT2D eigenvalue weighted by molar-refractivity contribution is 7.98. The first-order valence-electron chi connectivity index (χ1n) is 52.6. The number of nitrogens with zero attached hydrogens (tertiary/aromatic N) is 1. The summed E-state index contributed by atoms with van der Waals surface area (Å²) in [6.07, 6.45) is 59.8. The highest BCUT2D eigenvalue weighted by Gasteiger charge is 2.42. The first-order chi connectivity index (χ1) is 63.4. The van der Waals surface area contributed by atoms with Crippen LogP contribution in [0, 0.1) is 40.9 Å². The molecule has 10 saturated heterocycles. The molecule has 6 aromatic rings. The number of hydrogen-bond donors (Lipinski definition) is 10. The standard InChI is InChI=1S/C9H11N.C8H9N.2C8H8O.C8H14.C7H14N2O.2C7H7NS.2C7H13N.C7H12.2C6H11N.C6H12.C5H11N.C5H10O/c1-2-4-9-7-10-6-5-8(9)3-1;1-2-4-8-7(3-1)5-6-9-8;1-2-4-8-6-9-5-7(8)3-1;1-2-4-8-7(3-1)5-6-9-8;1-2-8-5-3-7(1)4-6-8;1-2-9-3-4-10-6-7(9)5-8-1;2*1-2-4-7-6(3-1)5-8-9-7;1-3-7-4-2-6(1)5-8-7;1-2-6-4-5-7(3-1)8-6;1-2-7-4-3-6(1)5-7;1-2-6-3-5(1)4-7-6;1-2-6(3-1)4-7-5-6;3*1-2-4-6-5-3-1/h1-4,10H,5-7H2;1-4,9H,5-6H2;2*1-4H,5-6H2;7-8H,1-6H2;7-8H,1-6H2;2*1-4,8H,5H2;2*6-8H,1-5H2;6-7H,1-5H2;5-7H,1-4H2;7H,1-5H2;1-6H2;6H,1-5H2;1-5H2. The quantitative estimate of drug-likeness (QED) is 0.0654. The number of ether oxygens (including phenoxy) is 4. The van der Waals surface area contributed by atoms with Gasteiger partial charge in [-0.1, -0.05) is 243 Å². The van der Waals surface area contributed by atoms with Crippen LogP contribution in [0.1, 0.15) is 288 Å². The Morgan fingerprint density at radius 3 is 1.25 bits per heavy atom. The SMILES string of the molecule is C1CC2(C1)CNC2.C1CC2CC1CN2.C1CC2CCC(C1)N2.C1CC2CCC1C2.C1CC2CCC1CC2.C1CC2CCC1CN2.C1CCCCC1.C1CCNCC1.C1CCOCC1.C1CN2CCOCC2CN1.c1ccc2c(c1)CCN2.c1ccc2c(c1)CCNC2.c1ccc2c(c1)CCO2.c1ccc2c(c1)CNS2.c1ccc2c(c1)CNS2.c1ccc2c(c1)COC2. The van der Waals surface area contributed by atoms with Gasteiger partial charge in [0.05, 0.1) is 33.0 Å². The average Bonchev–Trinajstić information content (AvgIpc) is 0.848. The third kappa shape index (κ3) is 35.1. The van der Waals surface area contributed by atoms with Crippen LogP contribution in [0.2, 0.25) is 0 Å². The molecule has 5 atom stereocenters. The summed E-state index contributed by atoms with van der Waals surface area (Å²) < 4.78 is 27.3. The van der Waals surface area contributed by atoms with Crippen molar-refractivity contribution in [1.29, 1.82) is 0 Å². The van der Waals surface area contributed by atoms with Crippen molar-refractivity contribution >= 4 is 29.6 Å². The molecule has 706 valence electrons. The van der Waals surface area contributed by atoms with Crippen molar-refractivity contribution in [3.8, 4) is 5.75 Å². The summed E-state index contributed by atoms with van der Waals surface area (Å²) >= 11 is 3.44. The molecule has 1 spiro atoms. The predicted octanol–water partition coefficient (Wildman–Crippen LogP) is 22.2. The second-order valence-corrected chi connectivity index (χ2v) is 42.5. The van der Waals surface area contributed by atoms with E-state index in [1.807, 2.05) is 30.3 Å². The molecule has 19 fully saturated rings. The molecule has 9 aliphatic carbocycles. The summed E-state index contributed by atoms with van der Waals surface area (Å²) in [5, 5.41) is 27.2. The van der Waals surface area contributed by atoms with E-state index in [1.54, 1.807) is 94.5 Å². The molecule has 9 saturated carbocycles. The zero-order valence-electron chi connectivity index (χ0n) is 79.2. The number of benzene rings is 6. The Balaban J connectivity index is 0.000000111. The van der Waals surface area contributed by atoms with Crippen LogP contribution in [-0.4, -0.2) is 147 Å². The van der Waals surface area contributed by atoms with Gasteiger partial charge < -0.3 is 61.5 Å². The molecule has 128 heavy (non-hydrogen) atoms. The molecular formula is C111H171N11O4S2. The minimum absolute atomic E-state index is 0.655. The molecular weight excluding hydrogens is 1620 g/mol. The van der Waals surface area contributed by atoms with Gasteiger partial charge in [-0.15, -0.1) is 0 Å². The smallest absolute Gasteiger partial charge is 0.122 e. The predicted molar refractivity (Wildman–Crippen MR) is 538 cm³/mol. The maximum Gasteiger partial charge on any atom is 0.122 e. The van der Waals surface area contributed by atoms with Crippen LogP contribution in [0.3, 0.4) is 0 Å². The van der Waals surface area contributed by atoms with Crippen molar-refractivity contribution in [3.05, 3.63) is 190 Å². The van der Waals surface area contributed by atoms with Gasteiger partial charge in [0.15, 0.2) is 0 Å². The van der Waals surface area contributed by atoms with Gasteiger partial charge in [-0.2, -0.15) is 0 Å². The van der Waals surface area contributed by atoms with Crippen LogP contribution in [0.15, 0.2) is 155 Å².